The molecule has 1 saturated carbocycles. The first kappa shape index (κ1) is 27.1. The Balaban J connectivity index is 1.54. The summed E-state index contributed by atoms with van der Waals surface area (Å²) in [5.41, 5.74) is -0.212. The van der Waals surface area contributed by atoms with Crippen molar-refractivity contribution in [3.05, 3.63) is 39.9 Å². The molecule has 1 aliphatic heterocycles. The van der Waals surface area contributed by atoms with Crippen molar-refractivity contribution in [1.82, 2.24) is 4.90 Å². The highest BCUT2D eigenvalue weighted by molar-refractivity contribution is 7.92. The SMILES string of the molecule is NC(=O)C1=C(O)[C@@]2(O)C(=O)C3=C(O)c4c(O)c(NS(=O)(=O)CCN5CCCC5)cc(F)c4CC3C[C@H]2CC1=O. The molecule has 5 rings (SSSR count). The van der Waals surface area contributed by atoms with E-state index < -0.39 is 96.8 Å². The quantitative estimate of drug-likeness (QED) is 0.207. The van der Waals surface area contributed by atoms with Gasteiger partial charge in [0.2, 0.25) is 15.8 Å². The smallest absolute Gasteiger partial charge is 0.255 e. The fourth-order valence-electron chi connectivity index (χ4n) is 6.20. The molecule has 0 spiro atoms. The van der Waals surface area contributed by atoms with Crippen LogP contribution in [0.5, 0.6) is 5.75 Å². The van der Waals surface area contributed by atoms with Gasteiger partial charge in [0, 0.05) is 36.1 Å². The van der Waals surface area contributed by atoms with Crippen molar-refractivity contribution in [3.8, 4) is 5.75 Å². The van der Waals surface area contributed by atoms with Gasteiger partial charge in [-0.25, -0.2) is 12.8 Å². The molecule has 4 aliphatic rings. The summed E-state index contributed by atoms with van der Waals surface area (Å²) in [6.45, 7) is 1.76. The first-order chi connectivity index (χ1) is 18.3. The number of benzene rings is 1. The van der Waals surface area contributed by atoms with Gasteiger partial charge in [-0.05, 0) is 44.7 Å². The van der Waals surface area contributed by atoms with Crippen molar-refractivity contribution in [2.24, 2.45) is 17.6 Å². The third-order valence-corrected chi connectivity index (χ3v) is 9.40. The monoisotopic (exact) mass is 565 g/mol. The molecule has 0 bridgehead atoms. The Kier molecular flexibility index (Phi) is 6.47. The molecule has 3 aliphatic carbocycles. The van der Waals surface area contributed by atoms with Gasteiger partial charge in [0.05, 0.1) is 17.0 Å². The lowest BCUT2D eigenvalue weighted by Gasteiger charge is -2.46. The average Bonchev–Trinajstić information content (AvgIpc) is 3.37. The van der Waals surface area contributed by atoms with Crippen LogP contribution < -0.4 is 10.5 Å². The van der Waals surface area contributed by atoms with E-state index in [1.54, 1.807) is 0 Å². The van der Waals surface area contributed by atoms with Crippen LogP contribution in [0.15, 0.2) is 23.0 Å². The zero-order valence-corrected chi connectivity index (χ0v) is 21.6. The zero-order valence-electron chi connectivity index (χ0n) is 20.7. The maximum atomic E-state index is 15.2. The molecule has 1 aromatic rings. The molecule has 2 fully saturated rings. The second kappa shape index (κ2) is 9.31. The summed E-state index contributed by atoms with van der Waals surface area (Å²) in [7, 11) is -4.03. The van der Waals surface area contributed by atoms with E-state index in [-0.39, 0.29) is 30.7 Å². The van der Waals surface area contributed by atoms with Crippen molar-refractivity contribution in [3.63, 3.8) is 0 Å². The Hall–Kier alpha value is -3.49. The number of nitrogens with two attached hydrogens (primary N) is 1. The number of halogens is 1. The van der Waals surface area contributed by atoms with Crippen molar-refractivity contribution >= 4 is 38.9 Å². The molecule has 39 heavy (non-hydrogen) atoms. The van der Waals surface area contributed by atoms with Gasteiger partial charge in [-0.15, -0.1) is 0 Å². The summed E-state index contributed by atoms with van der Waals surface area (Å²) in [5, 5.41) is 43.9. The number of anilines is 1. The first-order valence-corrected chi connectivity index (χ1v) is 14.2. The third kappa shape index (κ3) is 4.26. The van der Waals surface area contributed by atoms with Crippen LogP contribution in [-0.4, -0.2) is 82.2 Å². The predicted octanol–water partition coefficient (Wildman–Crippen LogP) is 0.400. The Labute approximate surface area is 222 Å². The molecule has 7 N–H and O–H groups in total. The lowest BCUT2D eigenvalue weighted by Crippen LogP contribution is -2.58. The number of phenols is 1. The van der Waals surface area contributed by atoms with Gasteiger partial charge in [0.25, 0.3) is 5.91 Å². The number of aliphatic hydroxyl groups excluding tert-OH is 2. The molecule has 0 aromatic heterocycles. The van der Waals surface area contributed by atoms with Crippen LogP contribution in [0.2, 0.25) is 0 Å². The van der Waals surface area contributed by atoms with E-state index in [2.05, 4.69) is 4.72 Å². The molecule has 1 heterocycles. The minimum absolute atomic E-state index is 0.145. The average molecular weight is 566 g/mol. The zero-order chi connectivity index (χ0) is 28.4. The number of Topliss-reactive ketones (excluding diaryl/α,β-unsaturated/α-hetero) is 2. The van der Waals surface area contributed by atoms with Crippen molar-refractivity contribution in [2.75, 3.05) is 30.1 Å². The third-order valence-electron chi connectivity index (χ3n) is 8.15. The molecule has 0 radical (unpaired) electrons. The number of likely N-dealkylation sites (tertiary alicyclic amines) is 1. The van der Waals surface area contributed by atoms with Gasteiger partial charge < -0.3 is 31.1 Å². The van der Waals surface area contributed by atoms with Crippen LogP contribution in [0.4, 0.5) is 10.1 Å². The largest absolute Gasteiger partial charge is 0.508 e. The highest BCUT2D eigenvalue weighted by Crippen LogP contribution is 2.53. The summed E-state index contributed by atoms with van der Waals surface area (Å²) in [4.78, 5) is 39.6. The molecule has 14 heteroatoms. The van der Waals surface area contributed by atoms with Crippen LogP contribution in [0.3, 0.4) is 0 Å². The number of fused-ring (bicyclic) bond motifs is 3. The van der Waals surface area contributed by atoms with Crippen molar-refractivity contribution in [1.29, 1.82) is 0 Å². The van der Waals surface area contributed by atoms with Crippen LogP contribution >= 0.6 is 0 Å². The summed E-state index contributed by atoms with van der Waals surface area (Å²) >= 11 is 0. The minimum atomic E-state index is -4.03. The summed E-state index contributed by atoms with van der Waals surface area (Å²) in [6.07, 6.45) is 1.06. The summed E-state index contributed by atoms with van der Waals surface area (Å²) in [6, 6.07) is 0.790. The van der Waals surface area contributed by atoms with E-state index in [9.17, 15) is 43.2 Å². The molecule has 12 nitrogen and oxygen atoms in total. The van der Waals surface area contributed by atoms with Gasteiger partial charge in [0.1, 0.15) is 22.9 Å². The number of nitrogens with one attached hydrogen (secondary N) is 1. The second-order valence-electron chi connectivity index (χ2n) is 10.5. The van der Waals surface area contributed by atoms with E-state index in [1.807, 2.05) is 4.90 Å². The van der Waals surface area contributed by atoms with Gasteiger partial charge >= 0.3 is 0 Å². The van der Waals surface area contributed by atoms with E-state index in [0.29, 0.717) is 0 Å². The number of sulfonamides is 1. The molecule has 1 unspecified atom stereocenters. The lowest BCUT2D eigenvalue weighted by atomic mass is 9.59. The number of amides is 1. The van der Waals surface area contributed by atoms with E-state index >= 15 is 4.39 Å². The number of aromatic hydroxyl groups is 1. The van der Waals surface area contributed by atoms with Gasteiger partial charge in [-0.1, -0.05) is 0 Å². The normalized spacial score (nSPS) is 27.3. The van der Waals surface area contributed by atoms with Crippen molar-refractivity contribution in [2.45, 2.75) is 37.7 Å². The number of primary amides is 1. The first-order valence-electron chi connectivity index (χ1n) is 12.5. The Morgan fingerprint density at radius 2 is 1.85 bits per heavy atom. The van der Waals surface area contributed by atoms with Crippen LogP contribution in [0.25, 0.3) is 5.76 Å². The second-order valence-corrected chi connectivity index (χ2v) is 12.3. The molecular formula is C25H28FN3O9S. The van der Waals surface area contributed by atoms with Crippen LogP contribution in [-0.2, 0) is 30.8 Å². The molecule has 1 amide bonds. The van der Waals surface area contributed by atoms with E-state index in [1.165, 1.54) is 0 Å². The van der Waals surface area contributed by atoms with E-state index in [4.69, 9.17) is 5.73 Å². The number of phenolic OH excluding ortho intramolecular Hbond substituents is 1. The van der Waals surface area contributed by atoms with Crippen molar-refractivity contribution < 1.29 is 47.6 Å². The number of rotatable bonds is 6. The number of ketones is 2. The number of carbonyl (C=O) groups excluding carboxylic acids is 3. The minimum Gasteiger partial charge on any atom is -0.508 e. The highest BCUT2D eigenvalue weighted by atomic mass is 32.2. The van der Waals surface area contributed by atoms with Gasteiger partial charge in [-0.2, -0.15) is 0 Å². The standard InChI is InChI=1S/C25H28FN3O9S/c26-14-10-15(28-39(37,38)6-5-29-3-1-2-4-29)20(31)18-13(14)8-11-7-12-9-16(30)19(24(27)35)23(34)25(12,36)22(33)17(11)21(18)32/h10-12,28,31-32,34,36H,1-9H2,(H2,27,35)/t11?,12-,25-/m0/s1. The van der Waals surface area contributed by atoms with Crippen LogP contribution in [0, 0.1) is 17.7 Å². The molecule has 3 atom stereocenters. The Bertz CT molecular complexity index is 1480. The topological polar surface area (TPSA) is 208 Å². The highest BCUT2D eigenvalue weighted by Gasteiger charge is 2.60. The van der Waals surface area contributed by atoms with E-state index in [0.717, 1.165) is 32.0 Å². The summed E-state index contributed by atoms with van der Waals surface area (Å²) < 4.78 is 42.7. The lowest BCUT2D eigenvalue weighted by molar-refractivity contribution is -0.147. The fourth-order valence-corrected chi connectivity index (χ4v) is 7.29. The maximum absolute atomic E-state index is 15.2. The molecule has 210 valence electrons. The summed E-state index contributed by atoms with van der Waals surface area (Å²) in [5.74, 6) is -9.72. The number of hydrogen-bond donors (Lipinski definition) is 6. The van der Waals surface area contributed by atoms with Crippen LogP contribution in [0.1, 0.15) is 36.8 Å². The maximum Gasteiger partial charge on any atom is 0.255 e. The fraction of sp³-hybridized carbons (Fsp3) is 0.480. The number of hydrogen-bond acceptors (Lipinski definition) is 10. The van der Waals surface area contributed by atoms with Gasteiger partial charge in [0.15, 0.2) is 17.1 Å². The number of aliphatic hydroxyl groups is 3. The molecular weight excluding hydrogens is 537 g/mol. The Morgan fingerprint density at radius 1 is 1.18 bits per heavy atom. The predicted molar refractivity (Wildman–Crippen MR) is 134 cm³/mol. The molecule has 1 saturated heterocycles. The Morgan fingerprint density at radius 3 is 2.49 bits per heavy atom. The molecule has 1 aromatic carbocycles. The van der Waals surface area contributed by atoms with Gasteiger partial charge in [-0.3, -0.25) is 19.1 Å². The number of nitrogens with zero attached hydrogens (tertiary/aromatic N) is 1. The number of carbonyl (C=O) groups is 3.